The Morgan fingerprint density at radius 1 is 1.00 bits per heavy atom. The Balaban J connectivity index is 1.64. The molecule has 0 atom stereocenters. The molecule has 1 aliphatic rings. The van der Waals surface area contributed by atoms with E-state index in [1.54, 1.807) is 16.4 Å². The molecule has 6 heteroatoms. The molecule has 0 amide bonds. The first-order valence-corrected chi connectivity index (χ1v) is 10.6. The van der Waals surface area contributed by atoms with Crippen LogP contribution in [0.3, 0.4) is 0 Å². The van der Waals surface area contributed by atoms with E-state index in [9.17, 15) is 8.42 Å². The smallest absolute Gasteiger partial charge is 0.236 e. The van der Waals surface area contributed by atoms with Gasteiger partial charge in [0.1, 0.15) is 6.20 Å². The molecular formula is C20H24N3O2S+. The Morgan fingerprint density at radius 2 is 1.69 bits per heavy atom. The molecule has 5 nitrogen and oxygen atoms in total. The number of H-pyrrole nitrogens is 1. The lowest BCUT2D eigenvalue weighted by atomic mass is 10.2. The maximum absolute atomic E-state index is 12.9. The van der Waals surface area contributed by atoms with Gasteiger partial charge < -0.3 is 0 Å². The van der Waals surface area contributed by atoms with E-state index in [0.29, 0.717) is 18.0 Å². The Hall–Kier alpha value is -2.18. The topological polar surface area (TPSA) is 57.3 Å². The minimum atomic E-state index is -3.40. The number of hydrogen-bond acceptors (Lipinski definition) is 2. The average Bonchev–Trinajstić information content (AvgIpc) is 2.89. The van der Waals surface area contributed by atoms with Crippen LogP contribution < -0.4 is 4.40 Å². The van der Waals surface area contributed by atoms with Gasteiger partial charge in [-0.15, -0.1) is 0 Å². The van der Waals surface area contributed by atoms with E-state index < -0.39 is 10.0 Å². The summed E-state index contributed by atoms with van der Waals surface area (Å²) in [5.41, 5.74) is 4.16. The summed E-state index contributed by atoms with van der Waals surface area (Å²) < 4.78 is 29.5. The van der Waals surface area contributed by atoms with Crippen LogP contribution in [0.1, 0.15) is 31.2 Å². The molecule has 0 aliphatic carbocycles. The number of sulfonamides is 1. The predicted molar refractivity (Wildman–Crippen MR) is 101 cm³/mol. The highest BCUT2D eigenvalue weighted by Gasteiger charge is 2.25. The van der Waals surface area contributed by atoms with Crippen molar-refractivity contribution >= 4 is 15.7 Å². The SMILES string of the molecule is Cc1ccc[n+]2cc(-c3ccc(S(=O)(=O)N4CCCCCC4)cc3)[nH]c12. The second-order valence-corrected chi connectivity index (χ2v) is 8.90. The number of rotatable bonds is 3. The lowest BCUT2D eigenvalue weighted by molar-refractivity contribution is -0.509. The third-order valence-corrected chi connectivity index (χ3v) is 7.03. The third kappa shape index (κ3) is 3.15. The zero-order valence-electron chi connectivity index (χ0n) is 15.0. The van der Waals surface area contributed by atoms with Gasteiger partial charge in [-0.05, 0) is 56.2 Å². The predicted octanol–water partition coefficient (Wildman–Crippen LogP) is 3.29. The number of nitrogens with zero attached hydrogens (tertiary/aromatic N) is 2. The second-order valence-electron chi connectivity index (χ2n) is 6.96. The second kappa shape index (κ2) is 6.85. The van der Waals surface area contributed by atoms with Crippen molar-refractivity contribution in [3.8, 4) is 11.3 Å². The molecule has 3 heterocycles. The van der Waals surface area contributed by atoms with Crippen LogP contribution in [-0.2, 0) is 10.0 Å². The van der Waals surface area contributed by atoms with Gasteiger partial charge in [0, 0.05) is 24.2 Å². The minimum absolute atomic E-state index is 0.378. The quantitative estimate of drug-likeness (QED) is 0.719. The van der Waals surface area contributed by atoms with E-state index >= 15 is 0 Å². The molecule has 136 valence electrons. The number of aryl methyl sites for hydroxylation is 1. The first-order chi connectivity index (χ1) is 12.6. The summed E-state index contributed by atoms with van der Waals surface area (Å²) in [6.07, 6.45) is 8.15. The van der Waals surface area contributed by atoms with Crippen molar-refractivity contribution in [2.24, 2.45) is 0 Å². The van der Waals surface area contributed by atoms with Crippen molar-refractivity contribution in [3.05, 3.63) is 54.4 Å². The molecule has 26 heavy (non-hydrogen) atoms. The van der Waals surface area contributed by atoms with E-state index in [-0.39, 0.29) is 0 Å². The van der Waals surface area contributed by atoms with Crippen LogP contribution in [0.15, 0.2) is 53.7 Å². The van der Waals surface area contributed by atoms with Crippen LogP contribution >= 0.6 is 0 Å². The van der Waals surface area contributed by atoms with Crippen LogP contribution in [0.5, 0.6) is 0 Å². The van der Waals surface area contributed by atoms with E-state index in [4.69, 9.17) is 0 Å². The zero-order valence-corrected chi connectivity index (χ0v) is 15.8. The fourth-order valence-corrected chi connectivity index (χ4v) is 5.11. The molecule has 1 aliphatic heterocycles. The highest BCUT2D eigenvalue weighted by Crippen LogP contribution is 2.24. The van der Waals surface area contributed by atoms with E-state index in [1.807, 2.05) is 35.0 Å². The molecule has 3 aromatic rings. The van der Waals surface area contributed by atoms with Crippen LogP contribution in [0.4, 0.5) is 0 Å². The summed E-state index contributed by atoms with van der Waals surface area (Å²) in [5, 5.41) is 0. The molecule has 0 radical (unpaired) electrons. The summed E-state index contributed by atoms with van der Waals surface area (Å²) in [6, 6.07) is 11.3. The molecule has 1 fully saturated rings. The number of imidazole rings is 1. The summed E-state index contributed by atoms with van der Waals surface area (Å²) in [7, 11) is -3.40. The first-order valence-electron chi connectivity index (χ1n) is 9.16. The summed E-state index contributed by atoms with van der Waals surface area (Å²) >= 11 is 0. The van der Waals surface area contributed by atoms with Gasteiger partial charge in [0.05, 0.1) is 11.1 Å². The summed E-state index contributed by atoms with van der Waals surface area (Å²) in [6.45, 7) is 3.32. The van der Waals surface area contributed by atoms with E-state index in [2.05, 4.69) is 18.0 Å². The lowest BCUT2D eigenvalue weighted by Crippen LogP contribution is -2.31. The minimum Gasteiger partial charge on any atom is -0.236 e. The molecule has 1 saturated heterocycles. The Bertz CT molecular complexity index is 1010. The van der Waals surface area contributed by atoms with Gasteiger partial charge in [0.2, 0.25) is 10.0 Å². The molecular weight excluding hydrogens is 346 g/mol. The van der Waals surface area contributed by atoms with Gasteiger partial charge in [-0.2, -0.15) is 4.31 Å². The molecule has 1 N–H and O–H groups in total. The Labute approximate surface area is 154 Å². The Morgan fingerprint density at radius 3 is 2.35 bits per heavy atom. The van der Waals surface area contributed by atoms with Gasteiger partial charge in [0.25, 0.3) is 5.65 Å². The van der Waals surface area contributed by atoms with Crippen LogP contribution in [-0.4, -0.2) is 30.8 Å². The molecule has 1 aromatic carbocycles. The summed E-state index contributed by atoms with van der Waals surface area (Å²) in [5.74, 6) is 0. The third-order valence-electron chi connectivity index (χ3n) is 5.11. The zero-order chi connectivity index (χ0) is 18.1. The van der Waals surface area contributed by atoms with E-state index in [0.717, 1.165) is 42.6 Å². The normalized spacial score (nSPS) is 16.7. The van der Waals surface area contributed by atoms with Gasteiger partial charge in [-0.3, -0.25) is 0 Å². The van der Waals surface area contributed by atoms with Crippen molar-refractivity contribution < 1.29 is 12.8 Å². The molecule has 0 unspecified atom stereocenters. The Kier molecular flexibility index (Phi) is 4.54. The number of aromatic amines is 1. The monoisotopic (exact) mass is 370 g/mol. The number of aromatic nitrogens is 2. The fraction of sp³-hybridized carbons (Fsp3) is 0.350. The highest BCUT2D eigenvalue weighted by atomic mass is 32.2. The lowest BCUT2D eigenvalue weighted by Gasteiger charge is -2.19. The molecule has 4 rings (SSSR count). The number of nitrogens with one attached hydrogen (secondary N) is 1. The van der Waals surface area contributed by atoms with Gasteiger partial charge in [-0.1, -0.05) is 12.8 Å². The average molecular weight is 370 g/mol. The van der Waals surface area contributed by atoms with Crippen molar-refractivity contribution in [2.75, 3.05) is 13.1 Å². The van der Waals surface area contributed by atoms with Gasteiger partial charge in [0.15, 0.2) is 5.69 Å². The number of fused-ring (bicyclic) bond motifs is 1. The van der Waals surface area contributed by atoms with Gasteiger partial charge >= 0.3 is 0 Å². The number of pyridine rings is 1. The van der Waals surface area contributed by atoms with Crippen molar-refractivity contribution in [1.29, 1.82) is 0 Å². The summed E-state index contributed by atoms with van der Waals surface area (Å²) in [4.78, 5) is 3.79. The van der Waals surface area contributed by atoms with Gasteiger partial charge in [-0.25, -0.2) is 17.8 Å². The number of hydrogen-bond donors (Lipinski definition) is 1. The maximum Gasteiger partial charge on any atom is 0.287 e. The molecule has 0 spiro atoms. The highest BCUT2D eigenvalue weighted by molar-refractivity contribution is 7.89. The van der Waals surface area contributed by atoms with Crippen LogP contribution in [0.25, 0.3) is 16.9 Å². The van der Waals surface area contributed by atoms with Crippen molar-refractivity contribution in [2.45, 2.75) is 37.5 Å². The van der Waals surface area contributed by atoms with Crippen molar-refractivity contribution in [1.82, 2.24) is 9.29 Å². The standard InChI is InChI=1S/C20H23N3O2S/c1-16-7-6-12-22-15-19(21-20(16)22)17-8-10-18(11-9-17)26(24,25)23-13-4-2-3-5-14-23/h6-12,15H,2-5,13-14H2,1H3/p+1. The largest absolute Gasteiger partial charge is 0.287 e. The maximum atomic E-state index is 12.9. The molecule has 0 bridgehead atoms. The molecule has 0 saturated carbocycles. The first kappa shape index (κ1) is 17.2. The van der Waals surface area contributed by atoms with E-state index in [1.165, 1.54) is 5.56 Å². The van der Waals surface area contributed by atoms with Crippen LogP contribution in [0, 0.1) is 6.92 Å². The van der Waals surface area contributed by atoms with Crippen molar-refractivity contribution in [3.63, 3.8) is 0 Å². The number of benzene rings is 1. The fourth-order valence-electron chi connectivity index (χ4n) is 3.59. The molecule has 2 aromatic heterocycles. The van der Waals surface area contributed by atoms with Crippen LogP contribution in [0.2, 0.25) is 0 Å².